The standard InChI is InChI=1S/C18H23F3N2O3/c1-13(24)23-8-6-16(7-9-23)17(25)22-10-14-2-4-15(5-3-14)11-26-12-18(19,20)21/h2-5,16H,6-12H2,1H3,(H,22,25). The summed E-state index contributed by atoms with van der Waals surface area (Å²) in [5.74, 6) is -0.102. The van der Waals surface area contributed by atoms with Crippen LogP contribution in [0.3, 0.4) is 0 Å². The fourth-order valence-corrected chi connectivity index (χ4v) is 2.83. The second-order valence-corrected chi connectivity index (χ2v) is 6.42. The summed E-state index contributed by atoms with van der Waals surface area (Å²) in [6, 6.07) is 6.88. The third kappa shape index (κ3) is 6.67. The zero-order chi connectivity index (χ0) is 19.2. The number of amides is 2. The molecule has 1 heterocycles. The van der Waals surface area contributed by atoms with Gasteiger partial charge in [0.05, 0.1) is 6.61 Å². The molecule has 0 aliphatic carbocycles. The summed E-state index contributed by atoms with van der Waals surface area (Å²) >= 11 is 0. The van der Waals surface area contributed by atoms with E-state index in [2.05, 4.69) is 10.1 Å². The Hall–Kier alpha value is -2.09. The molecule has 2 amide bonds. The number of carbonyl (C=O) groups excluding carboxylic acids is 2. The first-order valence-corrected chi connectivity index (χ1v) is 8.50. The Morgan fingerprint density at radius 1 is 1.15 bits per heavy atom. The minimum absolute atomic E-state index is 0.0307. The van der Waals surface area contributed by atoms with E-state index in [0.717, 1.165) is 5.56 Å². The lowest BCUT2D eigenvalue weighted by molar-refractivity contribution is -0.176. The van der Waals surface area contributed by atoms with Gasteiger partial charge in [-0.2, -0.15) is 13.2 Å². The molecule has 0 atom stereocenters. The molecule has 0 bridgehead atoms. The van der Waals surface area contributed by atoms with Gasteiger partial charge in [-0.25, -0.2) is 0 Å². The van der Waals surface area contributed by atoms with Crippen LogP contribution in [-0.4, -0.2) is 42.6 Å². The van der Waals surface area contributed by atoms with Crippen LogP contribution in [0.1, 0.15) is 30.9 Å². The van der Waals surface area contributed by atoms with Crippen molar-refractivity contribution in [1.29, 1.82) is 0 Å². The van der Waals surface area contributed by atoms with Crippen molar-refractivity contribution >= 4 is 11.8 Å². The smallest absolute Gasteiger partial charge is 0.367 e. The number of nitrogens with zero attached hydrogens (tertiary/aromatic N) is 1. The van der Waals surface area contributed by atoms with Gasteiger partial charge in [-0.05, 0) is 24.0 Å². The quantitative estimate of drug-likeness (QED) is 0.835. The molecule has 0 unspecified atom stereocenters. The van der Waals surface area contributed by atoms with Crippen LogP contribution in [0.25, 0.3) is 0 Å². The number of rotatable bonds is 6. The number of halogens is 3. The van der Waals surface area contributed by atoms with Crippen LogP contribution in [0.4, 0.5) is 13.2 Å². The van der Waals surface area contributed by atoms with Crippen molar-refractivity contribution in [3.8, 4) is 0 Å². The molecule has 1 saturated heterocycles. The van der Waals surface area contributed by atoms with E-state index in [9.17, 15) is 22.8 Å². The Morgan fingerprint density at radius 2 is 1.73 bits per heavy atom. The predicted octanol–water partition coefficient (Wildman–Crippen LogP) is 2.64. The Kier molecular flexibility index (Phi) is 7.02. The highest BCUT2D eigenvalue weighted by atomic mass is 19.4. The molecule has 2 rings (SSSR count). The third-order valence-corrected chi connectivity index (χ3v) is 4.34. The van der Waals surface area contributed by atoms with Crippen LogP contribution in [0.15, 0.2) is 24.3 Å². The van der Waals surface area contributed by atoms with E-state index in [1.807, 2.05) is 0 Å². The molecular weight excluding hydrogens is 349 g/mol. The molecule has 0 saturated carbocycles. The largest absolute Gasteiger partial charge is 0.411 e. The van der Waals surface area contributed by atoms with Crippen molar-refractivity contribution in [3.63, 3.8) is 0 Å². The fraction of sp³-hybridized carbons (Fsp3) is 0.556. The van der Waals surface area contributed by atoms with Crippen LogP contribution in [0.5, 0.6) is 0 Å². The maximum Gasteiger partial charge on any atom is 0.411 e. The van der Waals surface area contributed by atoms with Gasteiger partial charge in [-0.1, -0.05) is 24.3 Å². The second-order valence-electron chi connectivity index (χ2n) is 6.42. The minimum atomic E-state index is -4.33. The average Bonchev–Trinajstić information content (AvgIpc) is 2.60. The van der Waals surface area contributed by atoms with E-state index in [4.69, 9.17) is 0 Å². The Morgan fingerprint density at radius 3 is 2.27 bits per heavy atom. The van der Waals surface area contributed by atoms with Gasteiger partial charge in [-0.15, -0.1) is 0 Å². The highest BCUT2D eigenvalue weighted by Gasteiger charge is 2.27. The number of ether oxygens (including phenoxy) is 1. The number of hydrogen-bond donors (Lipinski definition) is 1. The predicted molar refractivity (Wildman–Crippen MR) is 89.0 cm³/mol. The van der Waals surface area contributed by atoms with Gasteiger partial charge in [-0.3, -0.25) is 9.59 Å². The van der Waals surface area contributed by atoms with E-state index in [0.29, 0.717) is 38.0 Å². The summed E-state index contributed by atoms with van der Waals surface area (Å²) in [6.07, 6.45) is -3.02. The van der Waals surface area contributed by atoms with E-state index in [-0.39, 0.29) is 24.3 Å². The molecule has 1 aromatic carbocycles. The highest BCUT2D eigenvalue weighted by molar-refractivity contribution is 5.79. The number of carbonyl (C=O) groups is 2. The third-order valence-electron chi connectivity index (χ3n) is 4.34. The summed E-state index contributed by atoms with van der Waals surface area (Å²) in [7, 11) is 0. The normalized spacial score (nSPS) is 15.8. The maximum absolute atomic E-state index is 12.2. The molecule has 1 N–H and O–H groups in total. The number of alkyl halides is 3. The zero-order valence-electron chi connectivity index (χ0n) is 14.6. The number of likely N-dealkylation sites (tertiary alicyclic amines) is 1. The summed E-state index contributed by atoms with van der Waals surface area (Å²) in [5, 5.41) is 2.87. The first-order chi connectivity index (χ1) is 12.2. The number of benzene rings is 1. The number of nitrogens with one attached hydrogen (secondary N) is 1. The lowest BCUT2D eigenvalue weighted by Gasteiger charge is -2.30. The fourth-order valence-electron chi connectivity index (χ4n) is 2.83. The average molecular weight is 372 g/mol. The summed E-state index contributed by atoms with van der Waals surface area (Å²) in [6.45, 7) is 1.70. The van der Waals surface area contributed by atoms with E-state index < -0.39 is 12.8 Å². The molecule has 5 nitrogen and oxygen atoms in total. The Balaban J connectivity index is 1.72. The van der Waals surface area contributed by atoms with Gasteiger partial charge < -0.3 is 15.0 Å². The monoisotopic (exact) mass is 372 g/mol. The molecule has 0 aromatic heterocycles. The van der Waals surface area contributed by atoms with Crippen molar-refractivity contribution in [2.45, 2.75) is 39.1 Å². The van der Waals surface area contributed by atoms with Crippen molar-refractivity contribution < 1.29 is 27.5 Å². The summed E-state index contributed by atoms with van der Waals surface area (Å²) < 4.78 is 40.7. The molecule has 144 valence electrons. The van der Waals surface area contributed by atoms with Crippen molar-refractivity contribution in [2.75, 3.05) is 19.7 Å². The summed E-state index contributed by atoms with van der Waals surface area (Å²) in [5.41, 5.74) is 1.50. The number of piperidine rings is 1. The van der Waals surface area contributed by atoms with Gasteiger partial charge >= 0.3 is 6.18 Å². The maximum atomic E-state index is 12.2. The lowest BCUT2D eigenvalue weighted by Crippen LogP contribution is -2.42. The first kappa shape index (κ1) is 20.2. The van der Waals surface area contributed by atoms with Crippen molar-refractivity contribution in [3.05, 3.63) is 35.4 Å². The molecule has 26 heavy (non-hydrogen) atoms. The van der Waals surface area contributed by atoms with Crippen LogP contribution in [0.2, 0.25) is 0 Å². The molecule has 1 aliphatic rings. The molecule has 1 aliphatic heterocycles. The van der Waals surface area contributed by atoms with Gasteiger partial charge in [0.2, 0.25) is 11.8 Å². The Bertz CT molecular complexity index is 609. The van der Waals surface area contributed by atoms with E-state index in [1.165, 1.54) is 6.92 Å². The first-order valence-electron chi connectivity index (χ1n) is 8.50. The SMILES string of the molecule is CC(=O)N1CCC(C(=O)NCc2ccc(COCC(F)(F)F)cc2)CC1. The van der Waals surface area contributed by atoms with Crippen LogP contribution >= 0.6 is 0 Å². The van der Waals surface area contributed by atoms with E-state index in [1.54, 1.807) is 29.2 Å². The van der Waals surface area contributed by atoms with Crippen LogP contribution < -0.4 is 5.32 Å². The topological polar surface area (TPSA) is 58.6 Å². The highest BCUT2D eigenvalue weighted by Crippen LogP contribution is 2.18. The van der Waals surface area contributed by atoms with Crippen molar-refractivity contribution in [1.82, 2.24) is 10.2 Å². The minimum Gasteiger partial charge on any atom is -0.367 e. The van der Waals surface area contributed by atoms with Gasteiger partial charge in [0.15, 0.2) is 0 Å². The zero-order valence-corrected chi connectivity index (χ0v) is 14.6. The van der Waals surface area contributed by atoms with Gasteiger partial charge in [0.25, 0.3) is 0 Å². The van der Waals surface area contributed by atoms with E-state index >= 15 is 0 Å². The molecule has 1 aromatic rings. The van der Waals surface area contributed by atoms with Gasteiger partial charge in [0.1, 0.15) is 6.61 Å². The number of hydrogen-bond acceptors (Lipinski definition) is 3. The van der Waals surface area contributed by atoms with Crippen LogP contribution in [0, 0.1) is 5.92 Å². The molecule has 0 spiro atoms. The molecule has 8 heteroatoms. The van der Waals surface area contributed by atoms with Gasteiger partial charge in [0, 0.05) is 32.5 Å². The molecule has 0 radical (unpaired) electrons. The van der Waals surface area contributed by atoms with Crippen LogP contribution in [-0.2, 0) is 27.5 Å². The Labute approximate surface area is 150 Å². The van der Waals surface area contributed by atoms with Crippen molar-refractivity contribution in [2.24, 2.45) is 5.92 Å². The molecular formula is C18H23F3N2O3. The summed E-state index contributed by atoms with van der Waals surface area (Å²) in [4.78, 5) is 25.2. The second kappa shape index (κ2) is 9.02. The lowest BCUT2D eigenvalue weighted by atomic mass is 9.96. The molecule has 1 fully saturated rings.